The molecule has 1 aromatic carbocycles. The number of hydrogen-bond donors (Lipinski definition) is 1. The van der Waals surface area contributed by atoms with E-state index >= 15 is 0 Å². The van der Waals surface area contributed by atoms with Gasteiger partial charge in [0.25, 0.3) is 0 Å². The van der Waals surface area contributed by atoms with Crippen LogP contribution < -0.4 is 10.3 Å². The maximum absolute atomic E-state index is 13.6. The van der Waals surface area contributed by atoms with Crippen LogP contribution in [0.4, 0.5) is 17.6 Å². The number of aromatic nitrogens is 1. The van der Waals surface area contributed by atoms with Gasteiger partial charge in [-0.25, -0.2) is 0 Å². The van der Waals surface area contributed by atoms with Crippen LogP contribution in [-0.2, 0) is 0 Å². The lowest BCUT2D eigenvalue weighted by atomic mass is 10.1. The second kappa shape index (κ2) is 4.75. The lowest BCUT2D eigenvalue weighted by Gasteiger charge is -2.13. The van der Waals surface area contributed by atoms with Crippen molar-refractivity contribution in [2.24, 2.45) is 0 Å². The molecule has 2 aromatic rings. The Labute approximate surface area is 104 Å². The van der Waals surface area contributed by atoms with Crippen LogP contribution in [0.15, 0.2) is 41.2 Å². The smallest absolute Gasteiger partial charge is 0.405 e. The molecular formula is C12H7F4NO2. The zero-order valence-corrected chi connectivity index (χ0v) is 9.29. The number of alkyl halides is 3. The number of benzene rings is 1. The summed E-state index contributed by atoms with van der Waals surface area (Å²) >= 11 is 0. The highest BCUT2D eigenvalue weighted by molar-refractivity contribution is 5.70. The number of para-hydroxylation sites is 1. The van der Waals surface area contributed by atoms with Gasteiger partial charge in [-0.1, -0.05) is 18.2 Å². The number of rotatable bonds is 2. The molecule has 0 unspecified atom stereocenters. The predicted molar refractivity (Wildman–Crippen MR) is 59.1 cm³/mol. The molecule has 0 aliphatic heterocycles. The predicted octanol–water partition coefficient (Wildman–Crippen LogP) is 3.08. The first kappa shape index (κ1) is 13.1. The fraction of sp³-hybridized carbons (Fsp3) is 0.0833. The quantitative estimate of drug-likeness (QED) is 0.675. The molecule has 1 N–H and O–H groups in total. The van der Waals surface area contributed by atoms with Gasteiger partial charge in [-0.2, -0.15) is 4.39 Å². The second-order valence-electron chi connectivity index (χ2n) is 3.59. The maximum atomic E-state index is 13.6. The Kier molecular flexibility index (Phi) is 3.28. The van der Waals surface area contributed by atoms with Crippen LogP contribution in [0.25, 0.3) is 11.1 Å². The van der Waals surface area contributed by atoms with Crippen molar-refractivity contribution < 1.29 is 22.3 Å². The van der Waals surface area contributed by atoms with Crippen LogP contribution >= 0.6 is 0 Å². The van der Waals surface area contributed by atoms with Crippen molar-refractivity contribution in [1.82, 2.24) is 4.98 Å². The fourth-order valence-electron chi connectivity index (χ4n) is 1.56. The second-order valence-corrected chi connectivity index (χ2v) is 3.59. The molecule has 0 aliphatic carbocycles. The first-order valence-corrected chi connectivity index (χ1v) is 5.11. The number of hydrogen-bond acceptors (Lipinski definition) is 2. The molecule has 0 radical (unpaired) electrons. The van der Waals surface area contributed by atoms with E-state index in [1.807, 2.05) is 4.98 Å². The Balaban J connectivity index is 2.53. The van der Waals surface area contributed by atoms with Crippen LogP contribution in [0.1, 0.15) is 0 Å². The van der Waals surface area contributed by atoms with Crippen LogP contribution in [-0.4, -0.2) is 11.3 Å². The topological polar surface area (TPSA) is 42.1 Å². The summed E-state index contributed by atoms with van der Waals surface area (Å²) in [6.45, 7) is 0. The number of halogens is 4. The molecule has 1 aromatic heterocycles. The summed E-state index contributed by atoms with van der Waals surface area (Å²) < 4.78 is 54.1. The van der Waals surface area contributed by atoms with Crippen molar-refractivity contribution in [2.45, 2.75) is 6.36 Å². The standard InChI is InChI=1S/C12H7F4NO2/c13-11-8(5-6-10(18)17-11)7-3-1-2-4-9(7)19-12(14,15)16/h1-6H,(H,17,18). The molecule has 0 atom stereocenters. The van der Waals surface area contributed by atoms with E-state index in [0.717, 1.165) is 18.2 Å². The molecule has 19 heavy (non-hydrogen) atoms. The Morgan fingerprint density at radius 3 is 2.32 bits per heavy atom. The summed E-state index contributed by atoms with van der Waals surface area (Å²) in [4.78, 5) is 12.7. The molecule has 0 saturated heterocycles. The number of ether oxygens (including phenoxy) is 1. The third-order valence-corrected chi connectivity index (χ3v) is 2.27. The van der Waals surface area contributed by atoms with Gasteiger partial charge in [0, 0.05) is 17.2 Å². The van der Waals surface area contributed by atoms with Crippen molar-refractivity contribution in [3.05, 3.63) is 52.7 Å². The summed E-state index contributed by atoms with van der Waals surface area (Å²) in [6.07, 6.45) is -4.88. The van der Waals surface area contributed by atoms with Gasteiger partial charge in [0.15, 0.2) is 0 Å². The molecule has 0 amide bonds. The van der Waals surface area contributed by atoms with E-state index < -0.39 is 23.6 Å². The van der Waals surface area contributed by atoms with Crippen molar-refractivity contribution in [1.29, 1.82) is 0 Å². The van der Waals surface area contributed by atoms with Crippen LogP contribution in [0, 0.1) is 5.95 Å². The van der Waals surface area contributed by atoms with E-state index in [1.165, 1.54) is 18.2 Å². The average Bonchev–Trinajstić information content (AvgIpc) is 2.28. The summed E-state index contributed by atoms with van der Waals surface area (Å²) in [6, 6.07) is 7.19. The minimum atomic E-state index is -4.88. The lowest BCUT2D eigenvalue weighted by molar-refractivity contribution is -0.274. The molecule has 0 aliphatic rings. The van der Waals surface area contributed by atoms with E-state index in [1.54, 1.807) is 0 Å². The van der Waals surface area contributed by atoms with Crippen molar-refractivity contribution >= 4 is 0 Å². The molecule has 3 nitrogen and oxygen atoms in total. The van der Waals surface area contributed by atoms with Crippen molar-refractivity contribution in [3.8, 4) is 16.9 Å². The zero-order chi connectivity index (χ0) is 14.0. The minimum Gasteiger partial charge on any atom is -0.405 e. The van der Waals surface area contributed by atoms with Gasteiger partial charge < -0.3 is 4.74 Å². The van der Waals surface area contributed by atoms with E-state index in [0.29, 0.717) is 0 Å². The first-order chi connectivity index (χ1) is 8.87. The monoisotopic (exact) mass is 273 g/mol. The molecule has 0 fully saturated rings. The number of nitrogens with one attached hydrogen (secondary N) is 1. The van der Waals surface area contributed by atoms with Gasteiger partial charge in [0.05, 0.1) is 0 Å². The van der Waals surface area contributed by atoms with Gasteiger partial charge in [-0.15, -0.1) is 13.2 Å². The van der Waals surface area contributed by atoms with Gasteiger partial charge in [0.2, 0.25) is 11.5 Å². The fourth-order valence-corrected chi connectivity index (χ4v) is 1.56. The van der Waals surface area contributed by atoms with Crippen molar-refractivity contribution in [3.63, 3.8) is 0 Å². The van der Waals surface area contributed by atoms with E-state index in [2.05, 4.69) is 4.74 Å². The van der Waals surface area contributed by atoms with Crippen LogP contribution in [0.5, 0.6) is 5.75 Å². The van der Waals surface area contributed by atoms with Gasteiger partial charge in [0.1, 0.15) is 5.75 Å². The Morgan fingerprint density at radius 2 is 1.68 bits per heavy atom. The normalized spacial score (nSPS) is 11.4. The number of aromatic amines is 1. The Hall–Kier alpha value is -2.31. The Morgan fingerprint density at radius 1 is 1.00 bits per heavy atom. The van der Waals surface area contributed by atoms with Gasteiger partial charge >= 0.3 is 6.36 Å². The molecule has 0 bridgehead atoms. The highest BCUT2D eigenvalue weighted by Crippen LogP contribution is 2.33. The first-order valence-electron chi connectivity index (χ1n) is 5.11. The summed E-state index contributed by atoms with van der Waals surface area (Å²) in [5.41, 5.74) is -0.969. The molecule has 1 heterocycles. The SMILES string of the molecule is O=c1ccc(-c2ccccc2OC(F)(F)F)c(F)[nH]1. The van der Waals surface area contributed by atoms with Crippen LogP contribution in [0.2, 0.25) is 0 Å². The molecular weight excluding hydrogens is 266 g/mol. The van der Waals surface area contributed by atoms with E-state index in [9.17, 15) is 22.4 Å². The largest absolute Gasteiger partial charge is 0.573 e. The Bertz CT molecular complexity index is 649. The molecule has 100 valence electrons. The number of pyridine rings is 1. The van der Waals surface area contributed by atoms with E-state index in [-0.39, 0.29) is 11.1 Å². The van der Waals surface area contributed by atoms with Gasteiger partial charge in [-0.05, 0) is 12.1 Å². The zero-order valence-electron chi connectivity index (χ0n) is 9.29. The highest BCUT2D eigenvalue weighted by Gasteiger charge is 2.32. The van der Waals surface area contributed by atoms with Gasteiger partial charge in [-0.3, -0.25) is 9.78 Å². The minimum absolute atomic E-state index is 0.103. The summed E-state index contributed by atoms with van der Waals surface area (Å²) in [5, 5.41) is 0. The highest BCUT2D eigenvalue weighted by atomic mass is 19.4. The van der Waals surface area contributed by atoms with Crippen LogP contribution in [0.3, 0.4) is 0 Å². The van der Waals surface area contributed by atoms with E-state index in [4.69, 9.17) is 0 Å². The lowest BCUT2D eigenvalue weighted by Crippen LogP contribution is -2.17. The third kappa shape index (κ3) is 3.12. The third-order valence-electron chi connectivity index (χ3n) is 2.27. The summed E-state index contributed by atoms with van der Waals surface area (Å²) in [7, 11) is 0. The summed E-state index contributed by atoms with van der Waals surface area (Å²) in [5.74, 6) is -1.56. The molecule has 2 rings (SSSR count). The number of H-pyrrole nitrogens is 1. The molecule has 0 spiro atoms. The molecule has 7 heteroatoms. The molecule has 0 saturated carbocycles. The maximum Gasteiger partial charge on any atom is 0.573 e. The average molecular weight is 273 g/mol. The van der Waals surface area contributed by atoms with Crippen molar-refractivity contribution in [2.75, 3.05) is 0 Å².